The molecule has 3 rings (SSSR count). The molecular weight excluding hydrogens is 614 g/mol. The molecule has 0 bridgehead atoms. The van der Waals surface area contributed by atoms with Crippen LogP contribution in [0.4, 0.5) is 8.78 Å². The van der Waals surface area contributed by atoms with Crippen molar-refractivity contribution in [3.63, 3.8) is 0 Å². The molecule has 2 aromatic rings. The molecule has 2 aromatic carbocycles. The Hall–Kier alpha value is -3.06. The van der Waals surface area contributed by atoms with Crippen LogP contribution in [-0.2, 0) is 44.9 Å². The quantitative estimate of drug-likeness (QED) is 0.146. The molecule has 2 unspecified atom stereocenters. The first kappa shape index (κ1) is 37.4. The van der Waals surface area contributed by atoms with Crippen LogP contribution in [0.25, 0.3) is 0 Å². The SMILES string of the molecule is CCCC(CCC)[S+]([O-])CC(NC(=O)[C@@H]1CCC(=O)N1)C(=O)N[C@@H](Cc1cc(F)cc(F)c1)[C@H](O)CNCc1cccc(CC)c1. The van der Waals surface area contributed by atoms with Gasteiger partial charge in [-0.3, -0.25) is 14.4 Å². The third-order valence-corrected chi connectivity index (χ3v) is 10.00. The molecule has 1 saturated heterocycles. The summed E-state index contributed by atoms with van der Waals surface area (Å²) in [6, 6.07) is 7.94. The Kier molecular flexibility index (Phi) is 15.4. The van der Waals surface area contributed by atoms with Crippen molar-refractivity contribution in [2.75, 3.05) is 12.3 Å². The van der Waals surface area contributed by atoms with E-state index in [2.05, 4.69) is 34.3 Å². The van der Waals surface area contributed by atoms with Crippen LogP contribution in [0.15, 0.2) is 42.5 Å². The number of rotatable bonds is 19. The number of aliphatic hydroxyl groups is 1. The largest absolute Gasteiger partial charge is 0.616 e. The summed E-state index contributed by atoms with van der Waals surface area (Å²) in [6.07, 6.45) is 3.05. The van der Waals surface area contributed by atoms with E-state index in [0.717, 1.165) is 43.0 Å². The van der Waals surface area contributed by atoms with Gasteiger partial charge in [0.05, 0.1) is 12.1 Å². The monoisotopic (exact) mass is 662 g/mol. The summed E-state index contributed by atoms with van der Waals surface area (Å²) in [4.78, 5) is 38.6. The number of hydrogen-bond donors (Lipinski definition) is 5. The van der Waals surface area contributed by atoms with Gasteiger partial charge >= 0.3 is 0 Å². The molecule has 0 aromatic heterocycles. The van der Waals surface area contributed by atoms with E-state index < -0.39 is 58.9 Å². The fourth-order valence-corrected chi connectivity index (χ4v) is 7.47. The molecule has 3 amide bonds. The van der Waals surface area contributed by atoms with Crippen molar-refractivity contribution in [2.24, 2.45) is 0 Å². The van der Waals surface area contributed by atoms with Crippen LogP contribution in [0.3, 0.4) is 0 Å². The molecule has 1 aliphatic rings. The zero-order chi connectivity index (χ0) is 33.6. The predicted octanol–water partition coefficient (Wildman–Crippen LogP) is 3.19. The maximum Gasteiger partial charge on any atom is 0.247 e. The van der Waals surface area contributed by atoms with Gasteiger partial charge < -0.3 is 30.9 Å². The van der Waals surface area contributed by atoms with Crippen molar-refractivity contribution in [3.8, 4) is 0 Å². The number of nitrogens with one attached hydrogen (secondary N) is 4. The molecular formula is C34H48F2N4O5S. The van der Waals surface area contributed by atoms with Crippen molar-refractivity contribution in [1.29, 1.82) is 0 Å². The maximum atomic E-state index is 14.1. The Morgan fingerprint density at radius 3 is 2.30 bits per heavy atom. The number of benzene rings is 2. The normalized spacial score (nSPS) is 17.3. The highest BCUT2D eigenvalue weighted by Crippen LogP contribution is 2.18. The number of aliphatic hydroxyl groups excluding tert-OH is 1. The Labute approximate surface area is 273 Å². The van der Waals surface area contributed by atoms with Crippen molar-refractivity contribution in [1.82, 2.24) is 21.3 Å². The number of carbonyl (C=O) groups is 3. The summed E-state index contributed by atoms with van der Waals surface area (Å²) < 4.78 is 41.6. The second-order valence-electron chi connectivity index (χ2n) is 11.9. The van der Waals surface area contributed by atoms with Crippen LogP contribution in [0, 0.1) is 11.6 Å². The topological polar surface area (TPSA) is 143 Å². The first-order valence-electron chi connectivity index (χ1n) is 16.2. The van der Waals surface area contributed by atoms with Gasteiger partial charge in [-0.05, 0) is 72.1 Å². The Morgan fingerprint density at radius 1 is 1.02 bits per heavy atom. The van der Waals surface area contributed by atoms with Crippen molar-refractivity contribution < 1.29 is 32.8 Å². The summed E-state index contributed by atoms with van der Waals surface area (Å²) in [7, 11) is 0. The van der Waals surface area contributed by atoms with Gasteiger partial charge in [-0.15, -0.1) is 0 Å². The smallest absolute Gasteiger partial charge is 0.247 e. The number of amides is 3. The molecule has 5 N–H and O–H groups in total. The van der Waals surface area contributed by atoms with Crippen LogP contribution in [-0.4, -0.2) is 69.2 Å². The number of carbonyl (C=O) groups excluding carboxylic acids is 3. The van der Waals surface area contributed by atoms with Gasteiger partial charge in [0.2, 0.25) is 17.7 Å². The van der Waals surface area contributed by atoms with Gasteiger partial charge in [-0.1, -0.05) is 57.9 Å². The molecule has 1 heterocycles. The van der Waals surface area contributed by atoms with E-state index in [1.807, 2.05) is 32.0 Å². The zero-order valence-corrected chi connectivity index (χ0v) is 27.8. The van der Waals surface area contributed by atoms with E-state index in [1.165, 1.54) is 5.56 Å². The van der Waals surface area contributed by atoms with Crippen LogP contribution >= 0.6 is 0 Å². The molecule has 1 aliphatic heterocycles. The second kappa shape index (κ2) is 18.9. The summed E-state index contributed by atoms with van der Waals surface area (Å²) in [5, 5.41) is 22.3. The Morgan fingerprint density at radius 2 is 1.70 bits per heavy atom. The van der Waals surface area contributed by atoms with Gasteiger partial charge in [0.1, 0.15) is 28.7 Å². The number of halogens is 2. The molecule has 0 aliphatic carbocycles. The minimum Gasteiger partial charge on any atom is -0.616 e. The Balaban J connectivity index is 1.80. The van der Waals surface area contributed by atoms with E-state index in [4.69, 9.17) is 0 Å². The lowest BCUT2D eigenvalue weighted by molar-refractivity contribution is -0.130. The van der Waals surface area contributed by atoms with Gasteiger partial charge in [-0.2, -0.15) is 0 Å². The molecule has 9 nitrogen and oxygen atoms in total. The van der Waals surface area contributed by atoms with Crippen molar-refractivity contribution in [2.45, 2.75) is 108 Å². The highest BCUT2D eigenvalue weighted by Gasteiger charge is 2.36. The van der Waals surface area contributed by atoms with Crippen molar-refractivity contribution >= 4 is 28.9 Å². The zero-order valence-electron chi connectivity index (χ0n) is 27.0. The first-order valence-corrected chi connectivity index (χ1v) is 17.6. The van der Waals surface area contributed by atoms with Gasteiger partial charge in [0.25, 0.3) is 0 Å². The minimum absolute atomic E-state index is 0.0469. The molecule has 0 saturated carbocycles. The van der Waals surface area contributed by atoms with Gasteiger partial charge in [0, 0.05) is 25.6 Å². The lowest BCUT2D eigenvalue weighted by atomic mass is 10.00. The molecule has 0 radical (unpaired) electrons. The summed E-state index contributed by atoms with van der Waals surface area (Å²) in [5.41, 5.74) is 2.40. The third-order valence-electron chi connectivity index (χ3n) is 8.12. The molecule has 12 heteroatoms. The number of aryl methyl sites for hydroxylation is 1. The molecule has 254 valence electrons. The predicted molar refractivity (Wildman–Crippen MR) is 175 cm³/mol. The molecule has 5 atom stereocenters. The summed E-state index contributed by atoms with van der Waals surface area (Å²) >= 11 is -1.47. The molecule has 0 spiro atoms. The fraction of sp³-hybridized carbons (Fsp3) is 0.559. The van der Waals surface area contributed by atoms with E-state index in [0.29, 0.717) is 19.4 Å². The fourth-order valence-electron chi connectivity index (χ4n) is 5.63. The molecule has 46 heavy (non-hydrogen) atoms. The third kappa shape index (κ3) is 11.9. The van der Waals surface area contributed by atoms with E-state index in [9.17, 15) is 32.8 Å². The molecule has 1 fully saturated rings. The van der Waals surface area contributed by atoms with Crippen LogP contribution in [0.1, 0.15) is 76.0 Å². The van der Waals surface area contributed by atoms with E-state index >= 15 is 0 Å². The highest BCUT2D eigenvalue weighted by molar-refractivity contribution is 7.92. The van der Waals surface area contributed by atoms with Crippen LogP contribution in [0.5, 0.6) is 0 Å². The minimum atomic E-state index is -1.47. The average molecular weight is 663 g/mol. The average Bonchev–Trinajstić information content (AvgIpc) is 3.46. The standard InChI is InChI=1S/C34H48F2N4O5S/c1-4-8-27(9-5-2)46(45)21-30(40-33(43)28-12-13-32(42)38-28)34(44)39-29(17-24-15-25(35)18-26(36)16-24)31(41)20-37-19-23-11-7-10-22(6-3)14-23/h7,10-11,14-16,18,27-31,37,41H,4-6,8-9,12-13,17,19-21H2,1-3H3,(H,38,42)(H,39,44)(H,40,43)/t28-,29-,30?,31+,46?/m0/s1. The van der Waals surface area contributed by atoms with E-state index in [-0.39, 0.29) is 48.3 Å². The Bertz CT molecular complexity index is 1280. The van der Waals surface area contributed by atoms with E-state index in [1.54, 1.807) is 0 Å². The second-order valence-corrected chi connectivity index (χ2v) is 13.7. The van der Waals surface area contributed by atoms with Crippen molar-refractivity contribution in [3.05, 3.63) is 70.8 Å². The summed E-state index contributed by atoms with van der Waals surface area (Å²) in [6.45, 7) is 6.53. The maximum absolute atomic E-state index is 14.1. The summed E-state index contributed by atoms with van der Waals surface area (Å²) in [5.74, 6) is -3.26. The number of hydrogen-bond acceptors (Lipinski definition) is 6. The van der Waals surface area contributed by atoms with Crippen LogP contribution < -0.4 is 21.3 Å². The lowest BCUT2D eigenvalue weighted by Gasteiger charge is -2.29. The van der Waals surface area contributed by atoms with Gasteiger partial charge in [-0.25, -0.2) is 8.78 Å². The van der Waals surface area contributed by atoms with Gasteiger partial charge in [0.15, 0.2) is 6.04 Å². The first-order chi connectivity index (χ1) is 22.0. The van der Waals surface area contributed by atoms with Crippen LogP contribution in [0.2, 0.25) is 0 Å². The lowest BCUT2D eigenvalue weighted by Crippen LogP contribution is -2.58. The highest BCUT2D eigenvalue weighted by atomic mass is 32.2.